The molecule has 220 valence electrons. The fraction of sp³-hybridized carbons (Fsp3) is 0.393. The number of piperidine rings is 1. The van der Waals surface area contributed by atoms with Crippen LogP contribution in [0.3, 0.4) is 0 Å². The van der Waals surface area contributed by atoms with Crippen molar-refractivity contribution in [2.24, 2.45) is 0 Å². The highest BCUT2D eigenvalue weighted by Gasteiger charge is 2.24. The summed E-state index contributed by atoms with van der Waals surface area (Å²) >= 11 is 1.47. The molecule has 0 spiro atoms. The van der Waals surface area contributed by atoms with Crippen LogP contribution in [0.1, 0.15) is 24.8 Å². The third-order valence-corrected chi connectivity index (χ3v) is 7.78. The number of likely N-dealkylation sites (tertiary alicyclic amines) is 1. The molecule has 4 heterocycles. The third-order valence-electron chi connectivity index (χ3n) is 7.06. The van der Waals surface area contributed by atoms with Crippen LogP contribution in [0.5, 0.6) is 5.75 Å². The Labute approximate surface area is 245 Å². The molecule has 1 saturated heterocycles. The quantitative estimate of drug-likeness (QED) is 0.185. The lowest BCUT2D eigenvalue weighted by Crippen LogP contribution is -2.46. The van der Waals surface area contributed by atoms with Crippen LogP contribution in [0.25, 0.3) is 16.9 Å². The number of fused-ring (bicyclic) bond motifs is 1. The van der Waals surface area contributed by atoms with Crippen molar-refractivity contribution in [1.82, 2.24) is 34.6 Å². The zero-order chi connectivity index (χ0) is 29.5. The van der Waals surface area contributed by atoms with Gasteiger partial charge in [-0.15, -0.1) is 11.8 Å². The molecular weight excluding hydrogens is 564 g/mol. The van der Waals surface area contributed by atoms with Crippen molar-refractivity contribution in [3.63, 3.8) is 0 Å². The number of hydrogen-bond acceptors (Lipinski definition) is 9. The summed E-state index contributed by atoms with van der Waals surface area (Å²) in [4.78, 5) is 20.3. The number of rotatable bonds is 12. The van der Waals surface area contributed by atoms with Gasteiger partial charge in [0.1, 0.15) is 18.0 Å². The second-order valence-electron chi connectivity index (χ2n) is 9.76. The lowest BCUT2D eigenvalue weighted by Gasteiger charge is -2.32. The van der Waals surface area contributed by atoms with E-state index in [1.807, 2.05) is 6.26 Å². The smallest absolute Gasteiger partial charge is 0.387 e. The van der Waals surface area contributed by atoms with Crippen molar-refractivity contribution in [1.29, 1.82) is 5.26 Å². The van der Waals surface area contributed by atoms with E-state index >= 15 is 0 Å². The van der Waals surface area contributed by atoms with E-state index in [9.17, 15) is 13.6 Å². The molecule has 0 atom stereocenters. The molecule has 14 heteroatoms. The molecule has 0 aliphatic carbocycles. The van der Waals surface area contributed by atoms with Gasteiger partial charge in [0.2, 0.25) is 5.91 Å². The van der Waals surface area contributed by atoms with Gasteiger partial charge in [-0.05, 0) is 43.4 Å². The van der Waals surface area contributed by atoms with Crippen LogP contribution in [0, 0.1) is 11.3 Å². The minimum absolute atomic E-state index is 0.00721. The molecule has 1 aliphatic rings. The zero-order valence-corrected chi connectivity index (χ0v) is 23.9. The molecule has 0 unspecified atom stereocenters. The summed E-state index contributed by atoms with van der Waals surface area (Å²) in [6, 6.07) is 9.16. The molecule has 1 aromatic carbocycles. The first-order valence-corrected chi connectivity index (χ1v) is 14.8. The Morgan fingerprint density at radius 3 is 2.90 bits per heavy atom. The summed E-state index contributed by atoms with van der Waals surface area (Å²) in [7, 11) is 0. The van der Waals surface area contributed by atoms with Crippen molar-refractivity contribution < 1.29 is 18.3 Å². The van der Waals surface area contributed by atoms with Crippen LogP contribution in [-0.2, 0) is 17.9 Å². The van der Waals surface area contributed by atoms with E-state index in [2.05, 4.69) is 31.9 Å². The predicted octanol–water partition coefficient (Wildman–Crippen LogP) is 4.02. The average molecular weight is 596 g/mol. The molecule has 1 fully saturated rings. The number of carbonyl (C=O) groups excluding carboxylic acids is 1. The lowest BCUT2D eigenvalue weighted by atomic mass is 10.0. The Morgan fingerprint density at radius 2 is 2.14 bits per heavy atom. The predicted molar refractivity (Wildman–Crippen MR) is 154 cm³/mol. The number of nitrogens with one attached hydrogen (secondary N) is 2. The summed E-state index contributed by atoms with van der Waals surface area (Å²) in [5.74, 6) is -0.0918. The van der Waals surface area contributed by atoms with Crippen LogP contribution in [0.15, 0.2) is 53.9 Å². The maximum atomic E-state index is 13.3. The second kappa shape index (κ2) is 13.6. The molecule has 0 radical (unpaired) electrons. The molecule has 0 saturated carbocycles. The number of halogens is 2. The van der Waals surface area contributed by atoms with Crippen LogP contribution in [0.2, 0.25) is 0 Å². The molecule has 11 nitrogen and oxygen atoms in total. The first-order chi connectivity index (χ1) is 20.4. The second-order valence-corrected chi connectivity index (χ2v) is 10.6. The molecule has 2 N–H and O–H groups in total. The molecule has 0 bridgehead atoms. The largest absolute Gasteiger partial charge is 0.434 e. The monoisotopic (exact) mass is 595 g/mol. The van der Waals surface area contributed by atoms with E-state index in [0.29, 0.717) is 55.2 Å². The van der Waals surface area contributed by atoms with E-state index in [1.54, 1.807) is 52.4 Å². The fourth-order valence-corrected chi connectivity index (χ4v) is 5.39. The van der Waals surface area contributed by atoms with Gasteiger partial charge in [-0.2, -0.15) is 24.2 Å². The molecule has 3 aromatic heterocycles. The normalized spacial score (nSPS) is 13.9. The highest BCUT2D eigenvalue weighted by atomic mass is 32.2. The van der Waals surface area contributed by atoms with Crippen LogP contribution < -0.4 is 15.4 Å². The highest BCUT2D eigenvalue weighted by Crippen LogP contribution is 2.37. The van der Waals surface area contributed by atoms with E-state index in [1.165, 1.54) is 22.5 Å². The molecular formula is C28H31F2N9O2S. The maximum absolute atomic E-state index is 13.3. The third kappa shape index (κ3) is 6.97. The first kappa shape index (κ1) is 29.3. The average Bonchev–Trinajstić information content (AvgIpc) is 3.60. The van der Waals surface area contributed by atoms with Crippen molar-refractivity contribution >= 4 is 29.0 Å². The van der Waals surface area contributed by atoms with Gasteiger partial charge >= 0.3 is 6.61 Å². The number of benzene rings is 1. The number of alkyl halides is 2. The summed E-state index contributed by atoms with van der Waals surface area (Å²) in [6.07, 6.45) is 10.9. The summed E-state index contributed by atoms with van der Waals surface area (Å²) in [5, 5.41) is 24.5. The number of aromatic nitrogens is 5. The number of carbonyl (C=O) groups is 1. The van der Waals surface area contributed by atoms with Gasteiger partial charge in [-0.1, -0.05) is 0 Å². The van der Waals surface area contributed by atoms with E-state index in [0.717, 1.165) is 23.3 Å². The first-order valence-electron chi connectivity index (χ1n) is 13.5. The van der Waals surface area contributed by atoms with Gasteiger partial charge in [-0.3, -0.25) is 9.48 Å². The maximum Gasteiger partial charge on any atom is 0.387 e. The molecule has 5 rings (SSSR count). The van der Waals surface area contributed by atoms with E-state index < -0.39 is 6.61 Å². The van der Waals surface area contributed by atoms with E-state index in [4.69, 9.17) is 10.00 Å². The van der Waals surface area contributed by atoms with Crippen LogP contribution in [-0.4, -0.2) is 73.7 Å². The zero-order valence-electron chi connectivity index (χ0n) is 23.0. The lowest BCUT2D eigenvalue weighted by molar-refractivity contribution is -0.133. The minimum Gasteiger partial charge on any atom is -0.434 e. The standard InChI is InChI=1S/C28H31F2N9O2S/c1-42-21-4-5-24(41-28(29)30)22(14-21)26-23(34-15-19-16-35-39-11-3-10-33-27(19)39)17-38(36-26)18-25(40)37-12-6-20(7-13-37)32-9-2-8-31/h3-5,10-11,14,16-17,20,28,32,34H,2,6-7,9,12-13,15,18H2,1H3. The van der Waals surface area contributed by atoms with Gasteiger partial charge in [0.25, 0.3) is 0 Å². The van der Waals surface area contributed by atoms with Crippen molar-refractivity contribution in [3.05, 3.63) is 54.6 Å². The van der Waals surface area contributed by atoms with Crippen molar-refractivity contribution in [2.75, 3.05) is 31.2 Å². The SMILES string of the molecule is CSc1ccc(OC(F)F)c(-c2nn(CC(=O)N3CCC(NCCC#N)CC3)cc2NCc2cnn3cccnc23)c1. The summed E-state index contributed by atoms with van der Waals surface area (Å²) in [6.45, 7) is -0.829. The Balaban J connectivity index is 1.38. The number of nitrogens with zero attached hydrogens (tertiary/aromatic N) is 7. The highest BCUT2D eigenvalue weighted by molar-refractivity contribution is 7.98. The molecule has 1 amide bonds. The molecule has 4 aromatic rings. The Kier molecular flexibility index (Phi) is 9.50. The number of hydrogen-bond donors (Lipinski definition) is 2. The summed E-state index contributed by atoms with van der Waals surface area (Å²) < 4.78 is 34.7. The number of nitriles is 1. The van der Waals surface area contributed by atoms with Crippen LogP contribution in [0.4, 0.5) is 14.5 Å². The van der Waals surface area contributed by atoms with Crippen LogP contribution >= 0.6 is 11.8 Å². The molecule has 42 heavy (non-hydrogen) atoms. The van der Waals surface area contributed by atoms with Gasteiger partial charge in [0, 0.05) is 73.3 Å². The Morgan fingerprint density at radius 1 is 1.31 bits per heavy atom. The number of ether oxygens (including phenoxy) is 1. The van der Waals surface area contributed by atoms with Crippen molar-refractivity contribution in [2.45, 2.75) is 49.9 Å². The number of anilines is 1. The van der Waals surface area contributed by atoms with E-state index in [-0.39, 0.29) is 24.2 Å². The van der Waals surface area contributed by atoms with Gasteiger partial charge in [-0.25, -0.2) is 9.50 Å². The van der Waals surface area contributed by atoms with Gasteiger partial charge < -0.3 is 20.3 Å². The topological polar surface area (TPSA) is 125 Å². The fourth-order valence-electron chi connectivity index (χ4n) is 4.95. The Bertz CT molecular complexity index is 1560. The van der Waals surface area contributed by atoms with Crippen molar-refractivity contribution in [3.8, 4) is 23.1 Å². The Hall–Kier alpha value is -4.22. The minimum atomic E-state index is -3.01. The number of amides is 1. The summed E-state index contributed by atoms with van der Waals surface area (Å²) in [5.41, 5.74) is 2.84. The van der Waals surface area contributed by atoms with Gasteiger partial charge in [0.15, 0.2) is 5.65 Å². The molecule has 1 aliphatic heterocycles. The van der Waals surface area contributed by atoms with Gasteiger partial charge in [0.05, 0.1) is 18.0 Å². The number of thioether (sulfide) groups is 1.